The first-order chi connectivity index (χ1) is 14.1. The van der Waals surface area contributed by atoms with E-state index < -0.39 is 5.51 Å². The highest BCUT2D eigenvalue weighted by molar-refractivity contribution is 8.00. The van der Waals surface area contributed by atoms with Crippen molar-refractivity contribution in [2.45, 2.75) is 50.2 Å². The normalized spacial score (nSPS) is 16.8. The lowest BCUT2D eigenvalue weighted by molar-refractivity contribution is -0.0328. The fourth-order valence-electron chi connectivity index (χ4n) is 3.91. The van der Waals surface area contributed by atoms with Gasteiger partial charge in [0.15, 0.2) is 0 Å². The summed E-state index contributed by atoms with van der Waals surface area (Å²) in [4.78, 5) is 11.5. The van der Waals surface area contributed by atoms with Crippen LogP contribution in [0.3, 0.4) is 0 Å². The number of hydrogen-bond donors (Lipinski definition) is 0. The second kappa shape index (κ2) is 9.06. The number of benzene rings is 1. The highest BCUT2D eigenvalue weighted by Crippen LogP contribution is 2.38. The van der Waals surface area contributed by atoms with Crippen molar-refractivity contribution in [3.8, 4) is 0 Å². The van der Waals surface area contributed by atoms with E-state index in [4.69, 9.17) is 0 Å². The van der Waals surface area contributed by atoms with E-state index in [0.29, 0.717) is 0 Å². The Balaban J connectivity index is 1.75. The van der Waals surface area contributed by atoms with E-state index in [9.17, 15) is 13.2 Å². The van der Waals surface area contributed by atoms with Crippen molar-refractivity contribution in [2.75, 3.05) is 36.1 Å². The predicted molar refractivity (Wildman–Crippen MR) is 118 cm³/mol. The molecule has 30 heavy (non-hydrogen) atoms. The van der Waals surface area contributed by atoms with Crippen molar-refractivity contribution in [1.29, 1.82) is 0 Å². The molecule has 164 valence electrons. The first-order valence-electron chi connectivity index (χ1n) is 10.2. The smallest absolute Gasteiger partial charge is 0.371 e. The molecule has 1 aliphatic heterocycles. The fraction of sp³-hybridized carbons (Fsp3) is 0.500. The molecule has 0 unspecified atom stereocenters. The Labute approximate surface area is 181 Å². The third-order valence-corrected chi connectivity index (χ3v) is 6.30. The molecule has 2 aromatic rings. The molecule has 8 heteroatoms. The molecule has 1 aromatic heterocycles. The molecule has 0 saturated carbocycles. The van der Waals surface area contributed by atoms with Crippen LogP contribution in [-0.4, -0.2) is 47.2 Å². The number of rotatable bonds is 7. The predicted octanol–water partition coefficient (Wildman–Crippen LogP) is 5.60. The van der Waals surface area contributed by atoms with Gasteiger partial charge in [-0.2, -0.15) is 13.2 Å². The summed E-state index contributed by atoms with van der Waals surface area (Å²) in [6.07, 6.45) is 3.76. The summed E-state index contributed by atoms with van der Waals surface area (Å²) in [6.45, 7) is 12.9. The summed E-state index contributed by atoms with van der Waals surface area (Å²) in [5.74, 6) is 0. The van der Waals surface area contributed by atoms with Crippen LogP contribution in [0.4, 0.5) is 24.5 Å². The van der Waals surface area contributed by atoms with E-state index in [1.54, 1.807) is 24.3 Å². The molecule has 1 aliphatic rings. The van der Waals surface area contributed by atoms with Crippen LogP contribution in [0.2, 0.25) is 0 Å². The van der Waals surface area contributed by atoms with Crippen molar-refractivity contribution in [3.05, 3.63) is 48.3 Å². The molecule has 0 N–H and O–H groups in total. The molecule has 0 radical (unpaired) electrons. The molecule has 1 aromatic carbocycles. The second-order valence-electron chi connectivity index (χ2n) is 8.07. The van der Waals surface area contributed by atoms with Crippen LogP contribution >= 0.6 is 11.8 Å². The molecule has 0 spiro atoms. The van der Waals surface area contributed by atoms with Gasteiger partial charge in [-0.15, -0.1) is 0 Å². The molecule has 4 nitrogen and oxygen atoms in total. The number of alkyl halides is 3. The summed E-state index contributed by atoms with van der Waals surface area (Å²) in [6, 6.07) is 8.73. The molecule has 0 aliphatic carbocycles. The van der Waals surface area contributed by atoms with Crippen LogP contribution in [0.15, 0.2) is 47.6 Å². The minimum Gasteiger partial charge on any atom is -0.371 e. The minimum atomic E-state index is -4.26. The van der Waals surface area contributed by atoms with Gasteiger partial charge in [0.05, 0.1) is 18.6 Å². The SMILES string of the molecule is CCN(CC)c1cnccc1CN1CN(c2ccc(SC(F)(F)F)cc2)CC1(C)C. The number of anilines is 2. The van der Waals surface area contributed by atoms with Gasteiger partial charge in [-0.1, -0.05) is 0 Å². The van der Waals surface area contributed by atoms with Gasteiger partial charge in [-0.25, -0.2) is 0 Å². The van der Waals surface area contributed by atoms with Crippen LogP contribution in [0, 0.1) is 0 Å². The van der Waals surface area contributed by atoms with Gasteiger partial charge < -0.3 is 9.80 Å². The van der Waals surface area contributed by atoms with Gasteiger partial charge in [0, 0.05) is 48.5 Å². The summed E-state index contributed by atoms with van der Waals surface area (Å²) in [5, 5.41) is 0. The number of thioether (sulfide) groups is 1. The average Bonchev–Trinajstić information content (AvgIpc) is 2.97. The summed E-state index contributed by atoms with van der Waals surface area (Å²) in [7, 11) is 0. The van der Waals surface area contributed by atoms with E-state index in [0.717, 1.165) is 44.2 Å². The van der Waals surface area contributed by atoms with Gasteiger partial charge in [0.25, 0.3) is 0 Å². The number of halogens is 3. The number of aromatic nitrogens is 1. The maximum absolute atomic E-state index is 12.6. The zero-order valence-corrected chi connectivity index (χ0v) is 18.7. The van der Waals surface area contributed by atoms with Crippen LogP contribution < -0.4 is 9.80 Å². The van der Waals surface area contributed by atoms with E-state index in [1.165, 1.54) is 5.56 Å². The Hall–Kier alpha value is -1.93. The third-order valence-electron chi connectivity index (χ3n) is 5.56. The van der Waals surface area contributed by atoms with Crippen molar-refractivity contribution in [3.63, 3.8) is 0 Å². The molecule has 1 saturated heterocycles. The number of hydrogen-bond acceptors (Lipinski definition) is 5. The van der Waals surface area contributed by atoms with Crippen molar-refractivity contribution >= 4 is 23.1 Å². The molecular formula is C22H29F3N4S. The maximum Gasteiger partial charge on any atom is 0.446 e. The minimum absolute atomic E-state index is 0.0663. The fourth-order valence-corrected chi connectivity index (χ4v) is 4.45. The summed E-state index contributed by atoms with van der Waals surface area (Å²) in [5.41, 5.74) is -0.994. The highest BCUT2D eigenvalue weighted by Gasteiger charge is 2.37. The molecule has 3 rings (SSSR count). The van der Waals surface area contributed by atoms with Crippen LogP contribution in [0.1, 0.15) is 33.3 Å². The molecule has 2 heterocycles. The van der Waals surface area contributed by atoms with Gasteiger partial charge in [0.1, 0.15) is 0 Å². The molecule has 0 bridgehead atoms. The Morgan fingerprint density at radius 3 is 2.37 bits per heavy atom. The van der Waals surface area contributed by atoms with E-state index in [2.05, 4.69) is 53.4 Å². The molecule has 0 amide bonds. The largest absolute Gasteiger partial charge is 0.446 e. The lowest BCUT2D eigenvalue weighted by Crippen LogP contribution is -2.40. The summed E-state index contributed by atoms with van der Waals surface area (Å²) >= 11 is -0.0769. The zero-order valence-electron chi connectivity index (χ0n) is 17.9. The first-order valence-corrected chi connectivity index (χ1v) is 11.0. The average molecular weight is 439 g/mol. The van der Waals surface area contributed by atoms with Crippen molar-refractivity contribution in [2.24, 2.45) is 0 Å². The van der Waals surface area contributed by atoms with E-state index >= 15 is 0 Å². The van der Waals surface area contributed by atoms with Gasteiger partial charge in [-0.05, 0) is 75.4 Å². The monoisotopic (exact) mass is 438 g/mol. The summed E-state index contributed by atoms with van der Waals surface area (Å²) < 4.78 is 37.7. The Kier molecular flexibility index (Phi) is 6.87. The van der Waals surface area contributed by atoms with E-state index in [1.807, 2.05) is 12.4 Å². The van der Waals surface area contributed by atoms with Crippen LogP contribution in [0.5, 0.6) is 0 Å². The Morgan fingerprint density at radius 2 is 1.77 bits per heavy atom. The lowest BCUT2D eigenvalue weighted by atomic mass is 10.0. The zero-order chi connectivity index (χ0) is 21.9. The first kappa shape index (κ1) is 22.7. The molecule has 0 atom stereocenters. The van der Waals surface area contributed by atoms with E-state index in [-0.39, 0.29) is 22.2 Å². The Bertz CT molecular complexity index is 835. The van der Waals surface area contributed by atoms with Crippen molar-refractivity contribution in [1.82, 2.24) is 9.88 Å². The Morgan fingerprint density at radius 1 is 1.10 bits per heavy atom. The molecule has 1 fully saturated rings. The maximum atomic E-state index is 12.6. The molecular weight excluding hydrogens is 409 g/mol. The number of nitrogens with zero attached hydrogens (tertiary/aromatic N) is 4. The third kappa shape index (κ3) is 5.40. The van der Waals surface area contributed by atoms with Crippen LogP contribution in [0.25, 0.3) is 0 Å². The topological polar surface area (TPSA) is 22.6 Å². The van der Waals surface area contributed by atoms with Gasteiger partial charge in [-0.3, -0.25) is 9.88 Å². The highest BCUT2D eigenvalue weighted by atomic mass is 32.2. The van der Waals surface area contributed by atoms with Crippen LogP contribution in [-0.2, 0) is 6.54 Å². The van der Waals surface area contributed by atoms with Crippen molar-refractivity contribution < 1.29 is 13.2 Å². The second-order valence-corrected chi connectivity index (χ2v) is 9.21. The van der Waals surface area contributed by atoms with Gasteiger partial charge >= 0.3 is 5.51 Å². The standard InChI is InChI=1S/C22H29F3N4S/c1-5-27(6-2)20-13-26-12-11-17(20)14-29-16-28(15-21(29,3)4)18-7-9-19(10-8-18)30-22(23,24)25/h7-13H,5-6,14-16H2,1-4H3. The number of pyridine rings is 1. The quantitative estimate of drug-likeness (QED) is 0.524. The van der Waals surface area contributed by atoms with Gasteiger partial charge in [0.2, 0.25) is 0 Å². The lowest BCUT2D eigenvalue weighted by Gasteiger charge is -2.31.